The molecule has 0 saturated carbocycles. The summed E-state index contributed by atoms with van der Waals surface area (Å²) in [5.74, 6) is -0.198. The molecule has 1 rings (SSSR count). The van der Waals surface area contributed by atoms with Crippen molar-refractivity contribution in [3.8, 4) is 0 Å². The van der Waals surface area contributed by atoms with Gasteiger partial charge in [-0.1, -0.05) is 29.8 Å². The molecule has 1 aromatic rings. The molecule has 0 saturated heterocycles. The molecule has 0 heterocycles. The average Bonchev–Trinajstić information content (AvgIpc) is 2.20. The van der Waals surface area contributed by atoms with Gasteiger partial charge in [-0.25, -0.2) is 8.42 Å². The highest BCUT2D eigenvalue weighted by Gasteiger charge is 2.18. The van der Waals surface area contributed by atoms with Gasteiger partial charge in [0.15, 0.2) is 9.84 Å². The van der Waals surface area contributed by atoms with Crippen molar-refractivity contribution in [3.05, 3.63) is 34.9 Å². The molecule has 0 aliphatic rings. The van der Waals surface area contributed by atoms with Gasteiger partial charge >= 0.3 is 0 Å². The van der Waals surface area contributed by atoms with Gasteiger partial charge in [-0.05, 0) is 11.6 Å². The van der Waals surface area contributed by atoms with E-state index in [4.69, 9.17) is 22.1 Å². The number of sulfone groups is 1. The van der Waals surface area contributed by atoms with Crippen LogP contribution in [0.1, 0.15) is 5.56 Å². The Morgan fingerprint density at radius 1 is 1.41 bits per heavy atom. The van der Waals surface area contributed by atoms with E-state index in [0.29, 0.717) is 10.6 Å². The minimum absolute atomic E-state index is 0.0932. The Hall–Kier alpha value is -0.620. The third-order valence-corrected chi connectivity index (χ3v) is 4.24. The zero-order valence-electron chi connectivity index (χ0n) is 9.60. The van der Waals surface area contributed by atoms with E-state index in [1.54, 1.807) is 24.3 Å². The van der Waals surface area contributed by atoms with Gasteiger partial charge in [0.1, 0.15) is 0 Å². The van der Waals surface area contributed by atoms with E-state index in [9.17, 15) is 8.42 Å². The lowest BCUT2D eigenvalue weighted by molar-refractivity contribution is 0.186. The number of halogens is 1. The number of hydrogen-bond acceptors (Lipinski definition) is 4. The molecule has 96 valence electrons. The zero-order chi connectivity index (χ0) is 12.9. The van der Waals surface area contributed by atoms with E-state index in [2.05, 4.69) is 0 Å². The van der Waals surface area contributed by atoms with Crippen molar-refractivity contribution < 1.29 is 13.2 Å². The minimum atomic E-state index is -3.27. The Bertz CT molecular complexity index is 462. The molecule has 0 aliphatic carbocycles. The monoisotopic (exact) mass is 277 g/mol. The number of rotatable bonds is 6. The molecular weight excluding hydrogens is 262 g/mol. The van der Waals surface area contributed by atoms with Crippen molar-refractivity contribution in [2.75, 3.05) is 19.5 Å². The highest BCUT2D eigenvalue weighted by atomic mass is 35.5. The molecule has 1 unspecified atom stereocenters. The number of hydrogen-bond donors (Lipinski definition) is 1. The molecular formula is C11H16ClNO3S. The van der Waals surface area contributed by atoms with Crippen LogP contribution in [0, 0.1) is 0 Å². The molecule has 1 atom stereocenters. The van der Waals surface area contributed by atoms with Gasteiger partial charge in [0.05, 0.1) is 18.1 Å². The lowest BCUT2D eigenvalue weighted by Gasteiger charge is -2.11. The fourth-order valence-corrected chi connectivity index (χ4v) is 3.37. The lowest BCUT2D eigenvalue weighted by atomic mass is 10.2. The van der Waals surface area contributed by atoms with E-state index in [0.717, 1.165) is 0 Å². The third kappa shape index (κ3) is 5.04. The minimum Gasteiger partial charge on any atom is -0.383 e. The van der Waals surface area contributed by atoms with Gasteiger partial charge in [-0.2, -0.15) is 0 Å². The summed E-state index contributed by atoms with van der Waals surface area (Å²) in [6, 6.07) is 6.37. The molecule has 0 bridgehead atoms. The molecule has 0 aromatic heterocycles. The number of benzene rings is 1. The van der Waals surface area contributed by atoms with E-state index in [1.165, 1.54) is 7.11 Å². The smallest absolute Gasteiger partial charge is 0.156 e. The fraction of sp³-hybridized carbons (Fsp3) is 0.455. The highest BCUT2D eigenvalue weighted by molar-refractivity contribution is 7.90. The Labute approximate surface area is 107 Å². The van der Waals surface area contributed by atoms with Crippen LogP contribution < -0.4 is 5.73 Å². The Morgan fingerprint density at radius 2 is 2.06 bits per heavy atom. The maximum atomic E-state index is 11.8. The van der Waals surface area contributed by atoms with Crippen molar-refractivity contribution in [2.24, 2.45) is 5.73 Å². The first-order valence-corrected chi connectivity index (χ1v) is 7.33. The van der Waals surface area contributed by atoms with E-state index in [-0.39, 0.29) is 18.1 Å². The SMILES string of the molecule is COCC(N)CS(=O)(=O)Cc1ccccc1Cl. The second-order valence-electron chi connectivity index (χ2n) is 3.86. The summed E-state index contributed by atoms with van der Waals surface area (Å²) in [6.07, 6.45) is 0. The van der Waals surface area contributed by atoms with E-state index < -0.39 is 15.9 Å². The normalized spacial score (nSPS) is 13.6. The van der Waals surface area contributed by atoms with E-state index >= 15 is 0 Å². The van der Waals surface area contributed by atoms with Gasteiger partial charge in [0.25, 0.3) is 0 Å². The largest absolute Gasteiger partial charge is 0.383 e. The zero-order valence-corrected chi connectivity index (χ0v) is 11.2. The van der Waals surface area contributed by atoms with Crippen LogP contribution in [0.15, 0.2) is 24.3 Å². The molecule has 0 radical (unpaired) electrons. The van der Waals surface area contributed by atoms with Gasteiger partial charge in [-0.15, -0.1) is 0 Å². The van der Waals surface area contributed by atoms with Crippen molar-refractivity contribution in [1.82, 2.24) is 0 Å². The van der Waals surface area contributed by atoms with Crippen LogP contribution in [0.5, 0.6) is 0 Å². The van der Waals surface area contributed by atoms with Gasteiger partial charge < -0.3 is 10.5 Å². The second kappa shape index (κ2) is 6.35. The Morgan fingerprint density at radius 3 is 2.65 bits per heavy atom. The molecule has 0 aliphatic heterocycles. The number of methoxy groups -OCH3 is 1. The van der Waals surface area contributed by atoms with Gasteiger partial charge in [-0.3, -0.25) is 0 Å². The molecule has 17 heavy (non-hydrogen) atoms. The maximum absolute atomic E-state index is 11.8. The van der Waals surface area contributed by atoms with E-state index in [1.807, 2.05) is 0 Å². The summed E-state index contributed by atoms with van der Waals surface area (Å²) < 4.78 is 28.5. The van der Waals surface area contributed by atoms with Crippen LogP contribution >= 0.6 is 11.6 Å². The van der Waals surface area contributed by atoms with Crippen LogP contribution in [0.25, 0.3) is 0 Å². The van der Waals surface area contributed by atoms with Crippen LogP contribution in [-0.2, 0) is 20.3 Å². The first-order chi connectivity index (χ1) is 7.94. The molecule has 1 aromatic carbocycles. The molecule has 4 nitrogen and oxygen atoms in total. The summed E-state index contributed by atoms with van der Waals surface area (Å²) in [4.78, 5) is 0. The fourth-order valence-electron chi connectivity index (χ4n) is 1.50. The van der Waals surface area contributed by atoms with Crippen molar-refractivity contribution >= 4 is 21.4 Å². The number of ether oxygens (including phenoxy) is 1. The Kier molecular flexibility index (Phi) is 5.39. The van der Waals surface area contributed by atoms with Crippen molar-refractivity contribution in [3.63, 3.8) is 0 Å². The van der Waals surface area contributed by atoms with Crippen LogP contribution in [0.3, 0.4) is 0 Å². The van der Waals surface area contributed by atoms with Gasteiger partial charge in [0.2, 0.25) is 0 Å². The summed E-state index contributed by atoms with van der Waals surface area (Å²) in [7, 11) is -1.78. The predicted octanol–water partition coefficient (Wildman–Crippen LogP) is 1.23. The topological polar surface area (TPSA) is 69.4 Å². The first kappa shape index (κ1) is 14.4. The van der Waals surface area contributed by atoms with Crippen LogP contribution in [0.2, 0.25) is 5.02 Å². The van der Waals surface area contributed by atoms with Crippen LogP contribution in [0.4, 0.5) is 0 Å². The number of nitrogens with two attached hydrogens (primary N) is 1. The van der Waals surface area contributed by atoms with Gasteiger partial charge in [0, 0.05) is 18.2 Å². The highest BCUT2D eigenvalue weighted by Crippen LogP contribution is 2.18. The maximum Gasteiger partial charge on any atom is 0.156 e. The molecule has 0 amide bonds. The van der Waals surface area contributed by atoms with Crippen molar-refractivity contribution in [1.29, 1.82) is 0 Å². The summed E-state index contributed by atoms with van der Waals surface area (Å²) >= 11 is 5.91. The predicted molar refractivity (Wildman–Crippen MR) is 68.8 cm³/mol. The Balaban J connectivity index is 2.70. The summed E-state index contributed by atoms with van der Waals surface area (Å²) in [5, 5.41) is 0.455. The second-order valence-corrected chi connectivity index (χ2v) is 6.38. The molecule has 6 heteroatoms. The molecule has 0 spiro atoms. The third-order valence-electron chi connectivity index (χ3n) is 2.18. The lowest BCUT2D eigenvalue weighted by Crippen LogP contribution is -2.34. The first-order valence-electron chi connectivity index (χ1n) is 5.13. The van der Waals surface area contributed by atoms with Crippen LogP contribution in [-0.4, -0.2) is 33.9 Å². The summed E-state index contributed by atoms with van der Waals surface area (Å²) in [5.41, 5.74) is 6.22. The quantitative estimate of drug-likeness (QED) is 0.849. The molecule has 2 N–H and O–H groups in total. The molecule has 0 fully saturated rings. The summed E-state index contributed by atoms with van der Waals surface area (Å²) in [6.45, 7) is 0.224. The van der Waals surface area contributed by atoms with Crippen molar-refractivity contribution in [2.45, 2.75) is 11.8 Å². The average molecular weight is 278 g/mol. The standard InChI is InChI=1S/C11H16ClNO3S/c1-16-6-10(13)8-17(14,15)7-9-4-2-3-5-11(9)12/h2-5,10H,6-8,13H2,1H3.